The first kappa shape index (κ1) is 20.5. The van der Waals surface area contributed by atoms with Crippen molar-refractivity contribution in [2.24, 2.45) is 0 Å². The number of nitrogens with one attached hydrogen (secondary N) is 1. The zero-order valence-electron chi connectivity index (χ0n) is 16.7. The van der Waals surface area contributed by atoms with Crippen molar-refractivity contribution < 1.29 is 23.5 Å². The summed E-state index contributed by atoms with van der Waals surface area (Å²) in [6.45, 7) is 2.46. The van der Waals surface area contributed by atoms with Crippen LogP contribution in [-0.2, 0) is 27.2 Å². The lowest BCUT2D eigenvalue weighted by atomic mass is 10.1. The quantitative estimate of drug-likeness (QED) is 0.443. The van der Waals surface area contributed by atoms with E-state index >= 15 is 0 Å². The van der Waals surface area contributed by atoms with Gasteiger partial charge in [0, 0.05) is 23.4 Å². The van der Waals surface area contributed by atoms with Crippen LogP contribution in [0, 0.1) is 6.92 Å². The molecule has 0 radical (unpaired) electrons. The van der Waals surface area contributed by atoms with Crippen molar-refractivity contribution in [3.63, 3.8) is 0 Å². The van der Waals surface area contributed by atoms with Gasteiger partial charge in [0.2, 0.25) is 5.91 Å². The van der Waals surface area contributed by atoms with E-state index in [2.05, 4.69) is 5.32 Å². The van der Waals surface area contributed by atoms with Crippen molar-refractivity contribution >= 4 is 22.8 Å². The topological polar surface area (TPSA) is 77.8 Å². The lowest BCUT2D eigenvalue weighted by Gasteiger charge is -2.07. The van der Waals surface area contributed by atoms with Crippen LogP contribution in [0.25, 0.3) is 11.0 Å². The van der Waals surface area contributed by atoms with Crippen LogP contribution in [0.1, 0.15) is 23.1 Å². The van der Waals surface area contributed by atoms with Gasteiger partial charge in [-0.05, 0) is 31.0 Å². The van der Waals surface area contributed by atoms with Gasteiger partial charge in [-0.3, -0.25) is 9.59 Å². The number of aryl methyl sites for hydroxylation is 2. The molecule has 6 heteroatoms. The van der Waals surface area contributed by atoms with Gasteiger partial charge >= 0.3 is 5.97 Å². The summed E-state index contributed by atoms with van der Waals surface area (Å²) >= 11 is 0. The molecule has 0 saturated heterocycles. The van der Waals surface area contributed by atoms with Crippen LogP contribution in [0.5, 0.6) is 5.75 Å². The van der Waals surface area contributed by atoms with E-state index in [1.165, 1.54) is 5.56 Å². The number of furan rings is 1. The Morgan fingerprint density at radius 3 is 2.66 bits per heavy atom. The van der Waals surface area contributed by atoms with Gasteiger partial charge in [-0.15, -0.1) is 0 Å². The number of benzene rings is 2. The second kappa shape index (κ2) is 9.78. The van der Waals surface area contributed by atoms with E-state index in [1.807, 2.05) is 43.3 Å². The molecule has 29 heavy (non-hydrogen) atoms. The Bertz CT molecular complexity index is 975. The van der Waals surface area contributed by atoms with Gasteiger partial charge in [0.05, 0.1) is 26.3 Å². The summed E-state index contributed by atoms with van der Waals surface area (Å²) in [6.07, 6.45) is 2.75. The number of rotatable bonds is 9. The molecule has 0 bridgehead atoms. The lowest BCUT2D eigenvalue weighted by Crippen LogP contribution is -2.28. The Morgan fingerprint density at radius 1 is 1.10 bits per heavy atom. The van der Waals surface area contributed by atoms with Crippen LogP contribution in [-0.4, -0.2) is 32.1 Å². The fraction of sp³-hybridized carbons (Fsp3) is 0.304. The zero-order chi connectivity index (χ0) is 20.6. The maximum Gasteiger partial charge on any atom is 0.310 e. The predicted octanol–water partition coefficient (Wildman–Crippen LogP) is 3.58. The first-order chi connectivity index (χ1) is 14.0. The highest BCUT2D eigenvalue weighted by Crippen LogP contribution is 2.26. The average Bonchev–Trinajstić information content (AvgIpc) is 3.12. The Labute approximate surface area is 169 Å². The van der Waals surface area contributed by atoms with E-state index in [1.54, 1.807) is 19.4 Å². The van der Waals surface area contributed by atoms with Gasteiger partial charge in [-0.2, -0.15) is 0 Å². The van der Waals surface area contributed by atoms with E-state index in [9.17, 15) is 9.59 Å². The highest BCUT2D eigenvalue weighted by Gasteiger charge is 2.12. The molecule has 152 valence electrons. The Hall–Kier alpha value is -3.28. The molecule has 1 aromatic heterocycles. The van der Waals surface area contributed by atoms with Crippen molar-refractivity contribution in [1.29, 1.82) is 0 Å². The lowest BCUT2D eigenvalue weighted by molar-refractivity contribution is -0.143. The molecule has 0 fully saturated rings. The Balaban J connectivity index is 1.36. The molecule has 3 rings (SSSR count). The van der Waals surface area contributed by atoms with Crippen molar-refractivity contribution in [2.75, 3.05) is 20.3 Å². The molecule has 0 aliphatic rings. The largest absolute Gasteiger partial charge is 0.497 e. The number of carbonyl (C=O) groups is 2. The number of amides is 1. The second-order valence-corrected chi connectivity index (χ2v) is 6.86. The van der Waals surface area contributed by atoms with Crippen LogP contribution in [0.4, 0.5) is 0 Å². The number of hydrogen-bond acceptors (Lipinski definition) is 5. The highest BCUT2D eigenvalue weighted by molar-refractivity contribution is 5.86. The van der Waals surface area contributed by atoms with Gasteiger partial charge < -0.3 is 19.2 Å². The molecular weight excluding hydrogens is 370 g/mol. The average molecular weight is 395 g/mol. The number of ether oxygens (including phenoxy) is 2. The summed E-state index contributed by atoms with van der Waals surface area (Å²) < 4.78 is 15.8. The standard InChI is InChI=1S/C23H25NO5/c1-16-3-5-17(6-4-16)7-10-22(25)24-11-12-28-23(26)13-18-15-29-21-14-19(27-2)8-9-20(18)21/h3-6,8-9,14-15H,7,10-13H2,1-2H3,(H,24,25). The molecule has 0 aliphatic carbocycles. The van der Waals surface area contributed by atoms with Crippen molar-refractivity contribution in [1.82, 2.24) is 5.32 Å². The summed E-state index contributed by atoms with van der Waals surface area (Å²) in [5.74, 6) is 0.271. The van der Waals surface area contributed by atoms with Gasteiger partial charge in [-0.1, -0.05) is 29.8 Å². The third-order valence-corrected chi connectivity index (χ3v) is 4.65. The van der Waals surface area contributed by atoms with E-state index in [0.717, 1.165) is 16.5 Å². The van der Waals surface area contributed by atoms with Crippen molar-refractivity contribution in [2.45, 2.75) is 26.2 Å². The molecule has 1 N–H and O–H groups in total. The zero-order valence-corrected chi connectivity index (χ0v) is 16.7. The minimum absolute atomic E-state index is 0.0589. The third-order valence-electron chi connectivity index (χ3n) is 4.65. The van der Waals surface area contributed by atoms with E-state index in [-0.39, 0.29) is 24.9 Å². The number of methoxy groups -OCH3 is 1. The van der Waals surface area contributed by atoms with Crippen LogP contribution in [0.15, 0.2) is 53.1 Å². The molecule has 0 unspecified atom stereocenters. The van der Waals surface area contributed by atoms with Crippen molar-refractivity contribution in [3.05, 3.63) is 65.4 Å². The van der Waals surface area contributed by atoms with Crippen LogP contribution in [0.2, 0.25) is 0 Å². The van der Waals surface area contributed by atoms with Crippen LogP contribution < -0.4 is 10.1 Å². The first-order valence-corrected chi connectivity index (χ1v) is 9.57. The van der Waals surface area contributed by atoms with Gasteiger partial charge in [0.1, 0.15) is 17.9 Å². The first-order valence-electron chi connectivity index (χ1n) is 9.57. The fourth-order valence-electron chi connectivity index (χ4n) is 2.99. The summed E-state index contributed by atoms with van der Waals surface area (Å²) in [5, 5.41) is 3.63. The smallest absolute Gasteiger partial charge is 0.310 e. The Morgan fingerprint density at radius 2 is 1.90 bits per heavy atom. The Kier molecular flexibility index (Phi) is 6.89. The molecule has 0 saturated carbocycles. The van der Waals surface area contributed by atoms with Gasteiger partial charge in [0.25, 0.3) is 0 Å². The van der Waals surface area contributed by atoms with Gasteiger partial charge in [0.15, 0.2) is 0 Å². The second-order valence-electron chi connectivity index (χ2n) is 6.86. The molecule has 6 nitrogen and oxygen atoms in total. The summed E-state index contributed by atoms with van der Waals surface area (Å²) in [7, 11) is 1.59. The fourth-order valence-corrected chi connectivity index (χ4v) is 2.99. The summed E-state index contributed by atoms with van der Waals surface area (Å²) in [6, 6.07) is 13.6. The van der Waals surface area contributed by atoms with Gasteiger partial charge in [-0.25, -0.2) is 0 Å². The van der Waals surface area contributed by atoms with E-state index < -0.39 is 0 Å². The molecule has 2 aromatic carbocycles. The minimum Gasteiger partial charge on any atom is -0.497 e. The van der Waals surface area contributed by atoms with Crippen molar-refractivity contribution in [3.8, 4) is 5.75 Å². The summed E-state index contributed by atoms with van der Waals surface area (Å²) in [4.78, 5) is 24.0. The third kappa shape index (κ3) is 5.85. The molecule has 3 aromatic rings. The maximum absolute atomic E-state index is 12.1. The number of fused-ring (bicyclic) bond motifs is 1. The summed E-state index contributed by atoms with van der Waals surface area (Å²) in [5.41, 5.74) is 3.74. The molecule has 0 atom stereocenters. The predicted molar refractivity (Wildman–Crippen MR) is 110 cm³/mol. The molecule has 0 aliphatic heterocycles. The molecule has 1 heterocycles. The SMILES string of the molecule is COc1ccc2c(CC(=O)OCCNC(=O)CCc3ccc(C)cc3)coc2c1. The van der Waals surface area contributed by atoms with Crippen LogP contribution >= 0.6 is 0 Å². The molecular formula is C23H25NO5. The van der Waals surface area contributed by atoms with E-state index in [0.29, 0.717) is 30.7 Å². The van der Waals surface area contributed by atoms with Crippen LogP contribution in [0.3, 0.4) is 0 Å². The number of esters is 1. The highest BCUT2D eigenvalue weighted by atomic mass is 16.5. The minimum atomic E-state index is -0.363. The maximum atomic E-state index is 12.1. The molecule has 1 amide bonds. The normalized spacial score (nSPS) is 10.7. The monoisotopic (exact) mass is 395 g/mol. The number of hydrogen-bond donors (Lipinski definition) is 1. The molecule has 0 spiro atoms. The van der Waals surface area contributed by atoms with E-state index in [4.69, 9.17) is 13.9 Å². The number of carbonyl (C=O) groups excluding carboxylic acids is 2.